The molecule has 0 spiro atoms. The van der Waals surface area contributed by atoms with E-state index in [1.165, 1.54) is 6.08 Å². The summed E-state index contributed by atoms with van der Waals surface area (Å²) in [4.78, 5) is 23.0. The predicted octanol–water partition coefficient (Wildman–Crippen LogP) is 1.52. The Labute approximate surface area is 134 Å². The molecule has 3 N–H and O–H groups in total. The van der Waals surface area contributed by atoms with Crippen LogP contribution in [0.3, 0.4) is 0 Å². The zero-order valence-corrected chi connectivity index (χ0v) is 12.7. The average molecular weight is 313 g/mol. The molecule has 0 unspecified atom stereocenters. The maximum atomic E-state index is 12.2. The van der Waals surface area contributed by atoms with Gasteiger partial charge < -0.3 is 15.8 Å². The van der Waals surface area contributed by atoms with E-state index in [1.54, 1.807) is 24.3 Å². The molecule has 1 fully saturated rings. The number of benzene rings is 1. The Kier molecular flexibility index (Phi) is 5.75. The molecule has 0 bridgehead atoms. The lowest BCUT2D eigenvalue weighted by Gasteiger charge is -2.11. The number of nitrogens with one attached hydrogen (secondary N) is 1. The first-order valence-corrected chi connectivity index (χ1v) is 7.53. The monoisotopic (exact) mass is 313 g/mol. The molecule has 0 heterocycles. The molecular formula is C17H19N3O3. The number of hydrogen-bond donors (Lipinski definition) is 2. The summed E-state index contributed by atoms with van der Waals surface area (Å²) in [5.41, 5.74) is 5.62. The average Bonchev–Trinajstić information content (AvgIpc) is 3.04. The fourth-order valence-electron chi connectivity index (χ4n) is 2.52. The van der Waals surface area contributed by atoms with Crippen LogP contribution in [0.2, 0.25) is 0 Å². The van der Waals surface area contributed by atoms with Crippen molar-refractivity contribution in [1.82, 2.24) is 5.32 Å². The number of para-hydroxylation sites is 1. The fourth-order valence-corrected chi connectivity index (χ4v) is 2.52. The van der Waals surface area contributed by atoms with Crippen molar-refractivity contribution in [3.05, 3.63) is 35.4 Å². The minimum atomic E-state index is -0.594. The van der Waals surface area contributed by atoms with E-state index < -0.39 is 5.91 Å². The molecular weight excluding hydrogens is 294 g/mol. The highest BCUT2D eigenvalue weighted by atomic mass is 16.5. The van der Waals surface area contributed by atoms with E-state index in [0.29, 0.717) is 11.3 Å². The van der Waals surface area contributed by atoms with Gasteiger partial charge in [-0.2, -0.15) is 5.26 Å². The van der Waals surface area contributed by atoms with Gasteiger partial charge in [0, 0.05) is 11.6 Å². The Morgan fingerprint density at radius 3 is 2.70 bits per heavy atom. The quantitative estimate of drug-likeness (QED) is 0.613. The van der Waals surface area contributed by atoms with E-state index in [0.717, 1.165) is 25.7 Å². The van der Waals surface area contributed by atoms with E-state index in [-0.39, 0.29) is 24.1 Å². The van der Waals surface area contributed by atoms with Gasteiger partial charge in [-0.25, -0.2) is 0 Å². The van der Waals surface area contributed by atoms with Crippen LogP contribution in [-0.4, -0.2) is 24.5 Å². The number of primary amides is 1. The number of amides is 2. The van der Waals surface area contributed by atoms with Crippen LogP contribution >= 0.6 is 0 Å². The minimum absolute atomic E-state index is 0.00650. The SMILES string of the molecule is N#CC(=Cc1ccccc1OCC(N)=O)C(=O)NC1CCCC1. The van der Waals surface area contributed by atoms with Crippen molar-refractivity contribution in [2.45, 2.75) is 31.7 Å². The van der Waals surface area contributed by atoms with Gasteiger partial charge in [0.15, 0.2) is 6.61 Å². The van der Waals surface area contributed by atoms with Crippen molar-refractivity contribution in [2.75, 3.05) is 6.61 Å². The predicted molar refractivity (Wildman–Crippen MR) is 85.1 cm³/mol. The molecule has 1 aliphatic rings. The maximum absolute atomic E-state index is 12.2. The first kappa shape index (κ1) is 16.6. The lowest BCUT2D eigenvalue weighted by molar-refractivity contribution is -0.120. The number of ether oxygens (including phenoxy) is 1. The number of carbonyl (C=O) groups is 2. The summed E-state index contributed by atoms with van der Waals surface area (Å²) in [6.45, 7) is -0.263. The molecule has 2 rings (SSSR count). The topological polar surface area (TPSA) is 105 Å². The molecule has 1 aromatic rings. The van der Waals surface area contributed by atoms with E-state index >= 15 is 0 Å². The molecule has 0 radical (unpaired) electrons. The third-order valence-corrected chi connectivity index (χ3v) is 3.64. The Morgan fingerprint density at radius 2 is 2.04 bits per heavy atom. The number of nitrogens with two attached hydrogens (primary N) is 1. The van der Waals surface area contributed by atoms with Crippen LogP contribution in [-0.2, 0) is 9.59 Å². The van der Waals surface area contributed by atoms with Crippen molar-refractivity contribution < 1.29 is 14.3 Å². The third-order valence-electron chi connectivity index (χ3n) is 3.64. The Morgan fingerprint density at radius 1 is 1.35 bits per heavy atom. The van der Waals surface area contributed by atoms with Gasteiger partial charge in [0.1, 0.15) is 17.4 Å². The van der Waals surface area contributed by atoms with Crippen molar-refractivity contribution in [3.8, 4) is 11.8 Å². The lowest BCUT2D eigenvalue weighted by atomic mass is 10.1. The molecule has 23 heavy (non-hydrogen) atoms. The van der Waals surface area contributed by atoms with Crippen LogP contribution in [0.15, 0.2) is 29.8 Å². The molecule has 1 aliphatic carbocycles. The first-order valence-electron chi connectivity index (χ1n) is 7.53. The van der Waals surface area contributed by atoms with E-state index in [4.69, 9.17) is 10.5 Å². The van der Waals surface area contributed by atoms with Crippen molar-refractivity contribution in [1.29, 1.82) is 5.26 Å². The molecule has 6 heteroatoms. The summed E-state index contributed by atoms with van der Waals surface area (Å²) < 4.78 is 5.30. The van der Waals surface area contributed by atoms with Crippen molar-refractivity contribution in [3.63, 3.8) is 0 Å². The number of rotatable bonds is 6. The maximum Gasteiger partial charge on any atom is 0.262 e. The molecule has 0 saturated heterocycles. The Hall–Kier alpha value is -2.81. The van der Waals surface area contributed by atoms with Gasteiger partial charge in [0.05, 0.1) is 0 Å². The molecule has 1 saturated carbocycles. The number of nitrogens with zero attached hydrogens (tertiary/aromatic N) is 1. The summed E-state index contributed by atoms with van der Waals surface area (Å²) >= 11 is 0. The van der Waals surface area contributed by atoms with Gasteiger partial charge in [0.25, 0.3) is 11.8 Å². The molecule has 6 nitrogen and oxygen atoms in total. The van der Waals surface area contributed by atoms with Crippen LogP contribution in [0.4, 0.5) is 0 Å². The second-order valence-corrected chi connectivity index (χ2v) is 5.42. The highest BCUT2D eigenvalue weighted by Crippen LogP contribution is 2.22. The molecule has 0 atom stereocenters. The third kappa shape index (κ3) is 4.85. The van der Waals surface area contributed by atoms with Crippen LogP contribution in [0.5, 0.6) is 5.75 Å². The Balaban J connectivity index is 2.15. The summed E-state index contributed by atoms with van der Waals surface area (Å²) in [6, 6.07) is 8.91. The van der Waals surface area contributed by atoms with Gasteiger partial charge in [-0.3, -0.25) is 9.59 Å². The van der Waals surface area contributed by atoms with Gasteiger partial charge in [-0.1, -0.05) is 31.0 Å². The largest absolute Gasteiger partial charge is 0.483 e. The van der Waals surface area contributed by atoms with Crippen molar-refractivity contribution >= 4 is 17.9 Å². The molecule has 0 aromatic heterocycles. The minimum Gasteiger partial charge on any atom is -0.483 e. The Bertz CT molecular complexity index is 655. The van der Waals surface area contributed by atoms with Gasteiger partial charge in [0.2, 0.25) is 0 Å². The first-order chi connectivity index (χ1) is 11.1. The van der Waals surface area contributed by atoms with Crippen LogP contribution < -0.4 is 15.8 Å². The van der Waals surface area contributed by atoms with Gasteiger partial charge in [-0.05, 0) is 25.0 Å². The van der Waals surface area contributed by atoms with E-state index in [2.05, 4.69) is 5.32 Å². The number of nitriles is 1. The van der Waals surface area contributed by atoms with Gasteiger partial charge >= 0.3 is 0 Å². The van der Waals surface area contributed by atoms with Crippen LogP contribution in [0, 0.1) is 11.3 Å². The van der Waals surface area contributed by atoms with E-state index in [9.17, 15) is 14.9 Å². The van der Waals surface area contributed by atoms with Crippen LogP contribution in [0.1, 0.15) is 31.2 Å². The zero-order chi connectivity index (χ0) is 16.7. The smallest absolute Gasteiger partial charge is 0.262 e. The normalized spacial score (nSPS) is 15.0. The summed E-state index contributed by atoms with van der Waals surface area (Å²) in [6.07, 6.45) is 5.55. The highest BCUT2D eigenvalue weighted by molar-refractivity contribution is 6.02. The summed E-state index contributed by atoms with van der Waals surface area (Å²) in [7, 11) is 0. The fraction of sp³-hybridized carbons (Fsp3) is 0.353. The molecule has 120 valence electrons. The lowest BCUT2D eigenvalue weighted by Crippen LogP contribution is -2.33. The summed E-state index contributed by atoms with van der Waals surface area (Å²) in [5, 5.41) is 12.1. The number of hydrogen-bond acceptors (Lipinski definition) is 4. The van der Waals surface area contributed by atoms with Gasteiger partial charge in [-0.15, -0.1) is 0 Å². The second-order valence-electron chi connectivity index (χ2n) is 5.42. The van der Waals surface area contributed by atoms with Crippen molar-refractivity contribution in [2.24, 2.45) is 5.73 Å². The van der Waals surface area contributed by atoms with Crippen LogP contribution in [0.25, 0.3) is 6.08 Å². The second kappa shape index (κ2) is 7.99. The van der Waals surface area contributed by atoms with E-state index in [1.807, 2.05) is 6.07 Å². The number of carbonyl (C=O) groups excluding carboxylic acids is 2. The highest BCUT2D eigenvalue weighted by Gasteiger charge is 2.19. The molecule has 1 aromatic carbocycles. The summed E-state index contributed by atoms with van der Waals surface area (Å²) in [5.74, 6) is -0.583. The standard InChI is InChI=1S/C17H19N3O3/c18-10-13(17(22)20-14-6-2-3-7-14)9-12-5-1-4-8-15(12)23-11-16(19)21/h1,4-5,8-9,14H,2-3,6-7,11H2,(H2,19,21)(H,20,22). The zero-order valence-electron chi connectivity index (χ0n) is 12.7. The molecule has 0 aliphatic heterocycles. The molecule has 2 amide bonds.